The Morgan fingerprint density at radius 3 is 2.76 bits per heavy atom. The van der Waals surface area contributed by atoms with Crippen LogP contribution in [0.25, 0.3) is 0 Å². The van der Waals surface area contributed by atoms with Crippen LogP contribution in [-0.2, 0) is 17.8 Å². The van der Waals surface area contributed by atoms with Crippen LogP contribution >= 0.6 is 0 Å². The van der Waals surface area contributed by atoms with E-state index in [4.69, 9.17) is 9.47 Å². The molecule has 0 saturated carbocycles. The van der Waals surface area contributed by atoms with Crippen LogP contribution in [0.2, 0.25) is 0 Å². The van der Waals surface area contributed by atoms with E-state index in [0.717, 1.165) is 23.4 Å². The lowest BCUT2D eigenvalue weighted by molar-refractivity contribution is 0.101. The van der Waals surface area contributed by atoms with Crippen molar-refractivity contribution in [2.24, 2.45) is 0 Å². The van der Waals surface area contributed by atoms with E-state index >= 15 is 0 Å². The predicted molar refractivity (Wildman–Crippen MR) is 80.6 cm³/mol. The third-order valence-corrected chi connectivity index (χ3v) is 3.17. The highest BCUT2D eigenvalue weighted by molar-refractivity contribution is 5.94. The van der Waals surface area contributed by atoms with Gasteiger partial charge in [0.05, 0.1) is 20.3 Å². The summed E-state index contributed by atoms with van der Waals surface area (Å²) in [6.07, 6.45) is 2.53. The first-order valence-corrected chi connectivity index (χ1v) is 6.86. The number of Topliss-reactive ketones (excluding diaryl/α,β-unsaturated/α-hetero) is 1. The average molecular weight is 285 g/mol. The summed E-state index contributed by atoms with van der Waals surface area (Å²) < 4.78 is 11.0. The third kappa shape index (κ3) is 4.39. The molecular formula is C17H19NO3. The Labute approximate surface area is 124 Å². The van der Waals surface area contributed by atoms with Gasteiger partial charge in [0, 0.05) is 29.4 Å². The van der Waals surface area contributed by atoms with Gasteiger partial charge in [0.15, 0.2) is 5.78 Å². The molecule has 110 valence electrons. The lowest BCUT2D eigenvalue weighted by Gasteiger charge is -2.10. The Balaban J connectivity index is 1.92. The molecule has 4 nitrogen and oxygen atoms in total. The van der Waals surface area contributed by atoms with Crippen molar-refractivity contribution in [3.63, 3.8) is 0 Å². The summed E-state index contributed by atoms with van der Waals surface area (Å²) in [5.41, 5.74) is 2.55. The predicted octanol–water partition coefficient (Wildman–Crippen LogP) is 3.05. The van der Waals surface area contributed by atoms with E-state index in [9.17, 15) is 4.79 Å². The van der Waals surface area contributed by atoms with Crippen molar-refractivity contribution in [2.75, 3.05) is 13.7 Å². The van der Waals surface area contributed by atoms with Crippen molar-refractivity contribution in [1.29, 1.82) is 0 Å². The summed E-state index contributed by atoms with van der Waals surface area (Å²) in [4.78, 5) is 15.7. The van der Waals surface area contributed by atoms with Crippen LogP contribution in [0.1, 0.15) is 28.5 Å². The van der Waals surface area contributed by atoms with E-state index in [1.807, 2.05) is 24.3 Å². The van der Waals surface area contributed by atoms with E-state index in [0.29, 0.717) is 18.8 Å². The molecule has 0 saturated heterocycles. The molecule has 0 radical (unpaired) electrons. The van der Waals surface area contributed by atoms with Crippen LogP contribution in [0, 0.1) is 0 Å². The maximum atomic E-state index is 11.4. The van der Waals surface area contributed by atoms with E-state index in [-0.39, 0.29) is 5.78 Å². The normalized spacial score (nSPS) is 10.4. The number of nitrogens with zero attached hydrogens (tertiary/aromatic N) is 1. The molecule has 0 aliphatic rings. The van der Waals surface area contributed by atoms with Crippen molar-refractivity contribution in [1.82, 2.24) is 4.98 Å². The number of benzene rings is 1. The largest absolute Gasteiger partial charge is 0.496 e. The quantitative estimate of drug-likeness (QED) is 0.579. The third-order valence-electron chi connectivity index (χ3n) is 3.17. The highest BCUT2D eigenvalue weighted by Crippen LogP contribution is 2.21. The fraction of sp³-hybridized carbons (Fsp3) is 0.294. The van der Waals surface area contributed by atoms with Crippen molar-refractivity contribution >= 4 is 5.78 Å². The Morgan fingerprint density at radius 2 is 2.10 bits per heavy atom. The highest BCUT2D eigenvalue weighted by atomic mass is 16.5. The van der Waals surface area contributed by atoms with Crippen LogP contribution in [0.4, 0.5) is 0 Å². The lowest BCUT2D eigenvalue weighted by atomic mass is 10.1. The van der Waals surface area contributed by atoms with Crippen LogP contribution in [-0.4, -0.2) is 24.5 Å². The zero-order valence-corrected chi connectivity index (χ0v) is 12.3. The summed E-state index contributed by atoms with van der Waals surface area (Å²) in [5.74, 6) is 0.769. The van der Waals surface area contributed by atoms with Gasteiger partial charge in [-0.15, -0.1) is 0 Å². The second kappa shape index (κ2) is 7.55. The number of carbonyl (C=O) groups is 1. The molecule has 0 amide bonds. The topological polar surface area (TPSA) is 48.4 Å². The van der Waals surface area contributed by atoms with Crippen molar-refractivity contribution in [2.45, 2.75) is 20.0 Å². The molecule has 0 spiro atoms. The first-order valence-electron chi connectivity index (χ1n) is 6.86. The first kappa shape index (κ1) is 15.2. The Bertz CT molecular complexity index is 596. The molecule has 21 heavy (non-hydrogen) atoms. The molecule has 1 aromatic heterocycles. The number of ether oxygens (including phenoxy) is 2. The van der Waals surface area contributed by atoms with Gasteiger partial charge in [-0.2, -0.15) is 0 Å². The number of hydrogen-bond acceptors (Lipinski definition) is 4. The maximum Gasteiger partial charge on any atom is 0.159 e. The van der Waals surface area contributed by atoms with Gasteiger partial charge >= 0.3 is 0 Å². The zero-order valence-electron chi connectivity index (χ0n) is 12.3. The molecule has 2 aromatic rings. The van der Waals surface area contributed by atoms with Gasteiger partial charge < -0.3 is 9.47 Å². The molecule has 1 heterocycles. The Hall–Kier alpha value is -2.20. The molecule has 0 atom stereocenters. The molecule has 0 aliphatic heterocycles. The summed E-state index contributed by atoms with van der Waals surface area (Å²) in [7, 11) is 1.61. The minimum Gasteiger partial charge on any atom is -0.496 e. The number of carbonyl (C=O) groups excluding carboxylic acids is 1. The lowest BCUT2D eigenvalue weighted by Crippen LogP contribution is -2.03. The Kier molecular flexibility index (Phi) is 5.46. The second-order valence-corrected chi connectivity index (χ2v) is 4.71. The maximum absolute atomic E-state index is 11.4. The number of methoxy groups -OCH3 is 1. The van der Waals surface area contributed by atoms with Gasteiger partial charge in [0.2, 0.25) is 0 Å². The number of ketones is 1. The fourth-order valence-corrected chi connectivity index (χ4v) is 2.02. The molecule has 0 unspecified atom stereocenters. The van der Waals surface area contributed by atoms with Crippen molar-refractivity contribution in [3.8, 4) is 5.75 Å². The standard InChI is InChI=1S/C17H19NO3/c1-13(19)14-6-7-17(20-2)15(11-14)12-21-10-8-16-5-3-4-9-18-16/h3-7,9,11H,8,10,12H2,1-2H3. The molecule has 0 bridgehead atoms. The summed E-state index contributed by atoms with van der Waals surface area (Å²) in [5, 5.41) is 0. The highest BCUT2D eigenvalue weighted by Gasteiger charge is 2.07. The number of aromatic nitrogens is 1. The van der Waals surface area contributed by atoms with Gasteiger partial charge in [-0.05, 0) is 37.3 Å². The zero-order chi connectivity index (χ0) is 15.1. The summed E-state index contributed by atoms with van der Waals surface area (Å²) in [6, 6.07) is 11.2. The van der Waals surface area contributed by atoms with Gasteiger partial charge in [-0.3, -0.25) is 9.78 Å². The van der Waals surface area contributed by atoms with Crippen LogP contribution in [0.5, 0.6) is 5.75 Å². The van der Waals surface area contributed by atoms with Crippen molar-refractivity contribution in [3.05, 3.63) is 59.4 Å². The first-order chi connectivity index (χ1) is 10.2. The van der Waals surface area contributed by atoms with Gasteiger partial charge in [-0.1, -0.05) is 6.07 Å². The monoisotopic (exact) mass is 285 g/mol. The molecule has 0 aliphatic carbocycles. The van der Waals surface area contributed by atoms with E-state index < -0.39 is 0 Å². The number of hydrogen-bond donors (Lipinski definition) is 0. The van der Waals surface area contributed by atoms with Crippen LogP contribution in [0.3, 0.4) is 0 Å². The van der Waals surface area contributed by atoms with Gasteiger partial charge in [-0.25, -0.2) is 0 Å². The average Bonchev–Trinajstić information content (AvgIpc) is 2.52. The van der Waals surface area contributed by atoms with E-state index in [2.05, 4.69) is 4.98 Å². The molecule has 4 heteroatoms. The molecule has 1 aromatic carbocycles. The number of pyridine rings is 1. The second-order valence-electron chi connectivity index (χ2n) is 4.71. The number of rotatable bonds is 7. The van der Waals surface area contributed by atoms with E-state index in [1.165, 1.54) is 0 Å². The SMILES string of the molecule is COc1ccc(C(C)=O)cc1COCCc1ccccn1. The van der Waals surface area contributed by atoms with Crippen LogP contribution < -0.4 is 4.74 Å². The molecular weight excluding hydrogens is 266 g/mol. The fourth-order valence-electron chi connectivity index (χ4n) is 2.02. The van der Waals surface area contributed by atoms with Gasteiger partial charge in [0.1, 0.15) is 5.75 Å². The van der Waals surface area contributed by atoms with E-state index in [1.54, 1.807) is 32.4 Å². The van der Waals surface area contributed by atoms with Crippen molar-refractivity contribution < 1.29 is 14.3 Å². The molecule has 0 fully saturated rings. The minimum absolute atomic E-state index is 0.0346. The Morgan fingerprint density at radius 1 is 1.24 bits per heavy atom. The van der Waals surface area contributed by atoms with Crippen LogP contribution in [0.15, 0.2) is 42.6 Å². The smallest absolute Gasteiger partial charge is 0.159 e. The van der Waals surface area contributed by atoms with Gasteiger partial charge in [0.25, 0.3) is 0 Å². The summed E-state index contributed by atoms with van der Waals surface area (Å²) in [6.45, 7) is 2.54. The molecule has 2 rings (SSSR count). The minimum atomic E-state index is 0.0346. The summed E-state index contributed by atoms with van der Waals surface area (Å²) >= 11 is 0. The molecule has 0 N–H and O–H groups in total.